The summed E-state index contributed by atoms with van der Waals surface area (Å²) in [5, 5.41) is 21.9. The van der Waals surface area contributed by atoms with Gasteiger partial charge >= 0.3 is 0 Å². The number of nitro groups is 1. The van der Waals surface area contributed by atoms with Crippen LogP contribution in [-0.4, -0.2) is 26.8 Å². The summed E-state index contributed by atoms with van der Waals surface area (Å²) in [6, 6.07) is 14.3. The maximum Gasteiger partial charge on any atom is 0.276 e. The van der Waals surface area contributed by atoms with E-state index >= 15 is 0 Å². The number of nitrogens with one attached hydrogen (secondary N) is 1. The van der Waals surface area contributed by atoms with Crippen molar-refractivity contribution in [3.63, 3.8) is 0 Å². The molecule has 8 nitrogen and oxygen atoms in total. The first kappa shape index (κ1) is 20.3. The molecule has 0 saturated heterocycles. The third kappa shape index (κ3) is 5.52. The molecule has 0 radical (unpaired) electrons. The molecule has 0 aliphatic heterocycles. The molecule has 1 aromatic heterocycles. The van der Waals surface area contributed by atoms with Crippen LogP contribution >= 0.6 is 11.8 Å². The third-order valence-electron chi connectivity index (χ3n) is 4.01. The highest BCUT2D eigenvalue weighted by Gasteiger charge is 2.18. The van der Waals surface area contributed by atoms with Crippen molar-refractivity contribution in [2.24, 2.45) is 0 Å². The van der Waals surface area contributed by atoms with E-state index in [0.717, 1.165) is 5.56 Å². The van der Waals surface area contributed by atoms with Gasteiger partial charge in [-0.05, 0) is 18.6 Å². The van der Waals surface area contributed by atoms with E-state index in [1.807, 2.05) is 42.5 Å². The van der Waals surface area contributed by atoms with Crippen LogP contribution in [0.1, 0.15) is 27.4 Å². The highest BCUT2D eigenvalue weighted by Crippen LogP contribution is 2.21. The van der Waals surface area contributed by atoms with E-state index in [2.05, 4.69) is 15.5 Å². The summed E-state index contributed by atoms with van der Waals surface area (Å²) in [6.07, 6.45) is 4.00. The van der Waals surface area contributed by atoms with E-state index in [0.29, 0.717) is 16.5 Å². The Labute approximate surface area is 171 Å². The van der Waals surface area contributed by atoms with Crippen LogP contribution in [0.3, 0.4) is 0 Å². The van der Waals surface area contributed by atoms with Gasteiger partial charge in [-0.25, -0.2) is 0 Å². The van der Waals surface area contributed by atoms with Gasteiger partial charge in [-0.15, -0.1) is 10.2 Å². The molecule has 148 valence electrons. The minimum Gasteiger partial charge on any atom is -0.414 e. The Hall–Kier alpha value is -3.46. The predicted octanol–water partition coefficient (Wildman–Crippen LogP) is 4.02. The van der Waals surface area contributed by atoms with Crippen molar-refractivity contribution in [2.75, 3.05) is 5.75 Å². The molecule has 0 saturated carbocycles. The van der Waals surface area contributed by atoms with E-state index in [1.54, 1.807) is 0 Å². The second-order valence-corrected chi connectivity index (χ2v) is 6.95. The number of amides is 1. The molecule has 29 heavy (non-hydrogen) atoms. The minimum atomic E-state index is -0.514. The maximum absolute atomic E-state index is 12.3. The summed E-state index contributed by atoms with van der Waals surface area (Å²) in [5.41, 5.74) is 1.55. The van der Waals surface area contributed by atoms with Gasteiger partial charge in [-0.3, -0.25) is 14.9 Å². The van der Waals surface area contributed by atoms with Crippen molar-refractivity contribution in [1.82, 2.24) is 15.5 Å². The van der Waals surface area contributed by atoms with Gasteiger partial charge in [0.15, 0.2) is 0 Å². The van der Waals surface area contributed by atoms with Gasteiger partial charge in [0.1, 0.15) is 0 Å². The van der Waals surface area contributed by atoms with Gasteiger partial charge in [-0.2, -0.15) is 0 Å². The fourth-order valence-electron chi connectivity index (χ4n) is 2.55. The molecule has 1 N–H and O–H groups in total. The largest absolute Gasteiger partial charge is 0.414 e. The van der Waals surface area contributed by atoms with Crippen LogP contribution in [0.4, 0.5) is 5.69 Å². The molecule has 9 heteroatoms. The van der Waals surface area contributed by atoms with E-state index in [1.165, 1.54) is 36.9 Å². The Morgan fingerprint density at radius 1 is 1.21 bits per heavy atom. The number of hydrogen-bond donors (Lipinski definition) is 1. The first-order valence-electron chi connectivity index (χ1n) is 8.73. The molecular weight excluding hydrogens is 392 g/mol. The molecule has 0 atom stereocenters. The summed E-state index contributed by atoms with van der Waals surface area (Å²) in [5.74, 6) is 0.482. The zero-order valence-electron chi connectivity index (χ0n) is 15.6. The van der Waals surface area contributed by atoms with Crippen LogP contribution in [0.2, 0.25) is 0 Å². The zero-order chi connectivity index (χ0) is 20.6. The number of rotatable bonds is 8. The lowest BCUT2D eigenvalue weighted by Crippen LogP contribution is -2.24. The molecule has 0 bridgehead atoms. The van der Waals surface area contributed by atoms with Crippen LogP contribution in [0.5, 0.6) is 0 Å². The second kappa shape index (κ2) is 9.65. The van der Waals surface area contributed by atoms with Crippen LogP contribution in [0.25, 0.3) is 6.08 Å². The molecule has 0 aliphatic carbocycles. The maximum atomic E-state index is 12.3. The van der Waals surface area contributed by atoms with Gasteiger partial charge < -0.3 is 9.73 Å². The molecule has 3 aromatic rings. The highest BCUT2D eigenvalue weighted by molar-refractivity contribution is 7.99. The van der Waals surface area contributed by atoms with E-state index < -0.39 is 10.8 Å². The Balaban J connectivity index is 1.51. The summed E-state index contributed by atoms with van der Waals surface area (Å²) in [4.78, 5) is 22.8. The Bertz CT molecular complexity index is 1030. The molecule has 1 heterocycles. The minimum absolute atomic E-state index is 0.0361. The van der Waals surface area contributed by atoms with E-state index in [-0.39, 0.29) is 23.7 Å². The molecular formula is C20H18N4O4S. The van der Waals surface area contributed by atoms with E-state index in [9.17, 15) is 14.9 Å². The average Bonchev–Trinajstić information content (AvgIpc) is 3.18. The lowest BCUT2D eigenvalue weighted by atomic mass is 10.1. The van der Waals surface area contributed by atoms with Crippen molar-refractivity contribution in [1.29, 1.82) is 0 Å². The normalized spacial score (nSPS) is 10.9. The molecule has 0 unspecified atom stereocenters. The van der Waals surface area contributed by atoms with Crippen LogP contribution in [0, 0.1) is 17.0 Å². The fourth-order valence-corrected chi connectivity index (χ4v) is 3.14. The first-order valence-corrected chi connectivity index (χ1v) is 9.72. The molecule has 2 aromatic carbocycles. The Morgan fingerprint density at radius 2 is 2.00 bits per heavy atom. The first-order chi connectivity index (χ1) is 14.0. The van der Waals surface area contributed by atoms with Gasteiger partial charge in [0.2, 0.25) is 5.89 Å². The lowest BCUT2D eigenvalue weighted by Gasteiger charge is -2.06. The standard InChI is InChI=1S/C20H18N4O4S/c1-14-16(10-5-11-17(14)24(26)27)19(25)21-13-18-22-23-20(28-18)29-12-6-9-15-7-3-2-4-8-15/h2-11H,12-13H2,1H3,(H,21,25)/b9-6+. The van der Waals surface area contributed by atoms with Crippen LogP contribution in [-0.2, 0) is 6.54 Å². The number of benzene rings is 2. The van der Waals surface area contributed by atoms with Crippen molar-refractivity contribution in [3.8, 4) is 0 Å². The lowest BCUT2D eigenvalue weighted by molar-refractivity contribution is -0.385. The molecule has 0 fully saturated rings. The molecule has 1 amide bonds. The van der Waals surface area contributed by atoms with Crippen molar-refractivity contribution in [2.45, 2.75) is 18.7 Å². The summed E-state index contributed by atoms with van der Waals surface area (Å²) in [7, 11) is 0. The molecule has 0 aliphatic rings. The van der Waals surface area contributed by atoms with Gasteiger partial charge in [0, 0.05) is 22.9 Å². The zero-order valence-corrected chi connectivity index (χ0v) is 16.4. The second-order valence-electron chi connectivity index (χ2n) is 5.98. The molecule has 0 spiro atoms. The van der Waals surface area contributed by atoms with Gasteiger partial charge in [-0.1, -0.05) is 60.3 Å². The Kier molecular flexibility index (Phi) is 6.75. The number of nitrogens with zero attached hydrogens (tertiary/aromatic N) is 3. The third-order valence-corrected chi connectivity index (χ3v) is 4.78. The fraction of sp³-hybridized carbons (Fsp3) is 0.150. The number of carbonyl (C=O) groups is 1. The predicted molar refractivity (Wildman–Crippen MR) is 110 cm³/mol. The van der Waals surface area contributed by atoms with E-state index in [4.69, 9.17) is 4.42 Å². The smallest absolute Gasteiger partial charge is 0.276 e. The number of thioether (sulfide) groups is 1. The Morgan fingerprint density at radius 3 is 2.76 bits per heavy atom. The summed E-state index contributed by atoms with van der Waals surface area (Å²) >= 11 is 1.38. The summed E-state index contributed by atoms with van der Waals surface area (Å²) in [6.45, 7) is 1.58. The monoisotopic (exact) mass is 410 g/mol. The number of carbonyl (C=O) groups excluding carboxylic acids is 1. The van der Waals surface area contributed by atoms with Gasteiger partial charge in [0.25, 0.3) is 16.8 Å². The van der Waals surface area contributed by atoms with Crippen LogP contribution < -0.4 is 5.32 Å². The number of hydrogen-bond acceptors (Lipinski definition) is 7. The topological polar surface area (TPSA) is 111 Å². The molecule has 3 rings (SSSR count). The number of aromatic nitrogens is 2. The van der Waals surface area contributed by atoms with Crippen LogP contribution in [0.15, 0.2) is 64.2 Å². The summed E-state index contributed by atoms with van der Waals surface area (Å²) < 4.78 is 5.50. The highest BCUT2D eigenvalue weighted by atomic mass is 32.2. The SMILES string of the molecule is Cc1c(C(=O)NCc2nnc(SC/C=C/c3ccccc3)o2)cccc1[N+](=O)[O-]. The van der Waals surface area contributed by atoms with Crippen molar-refractivity contribution >= 4 is 29.4 Å². The number of nitro benzene ring substituents is 1. The van der Waals surface area contributed by atoms with Gasteiger partial charge in [0.05, 0.1) is 11.5 Å². The quantitative estimate of drug-likeness (QED) is 0.339. The van der Waals surface area contributed by atoms with Crippen molar-refractivity contribution in [3.05, 3.63) is 87.3 Å². The van der Waals surface area contributed by atoms with Crippen molar-refractivity contribution < 1.29 is 14.1 Å². The average molecular weight is 410 g/mol.